The summed E-state index contributed by atoms with van der Waals surface area (Å²) in [5.41, 5.74) is 2.63. The molecule has 33 heavy (non-hydrogen) atoms. The van der Waals surface area contributed by atoms with Crippen molar-refractivity contribution in [2.75, 3.05) is 26.7 Å². The fourth-order valence-electron chi connectivity index (χ4n) is 5.31. The number of aliphatic imine (C=N–C) groups is 1. The smallest absolute Gasteiger partial charge is 0.191 e. The fourth-order valence-corrected chi connectivity index (χ4v) is 5.31. The van der Waals surface area contributed by atoms with E-state index in [4.69, 9.17) is 0 Å². The zero-order chi connectivity index (χ0) is 22.9. The van der Waals surface area contributed by atoms with Crippen molar-refractivity contribution < 1.29 is 0 Å². The molecule has 1 saturated carbocycles. The molecule has 2 heterocycles. The zero-order valence-corrected chi connectivity index (χ0v) is 20.3. The quantitative estimate of drug-likeness (QED) is 0.423. The Morgan fingerprint density at radius 3 is 2.48 bits per heavy atom. The second-order valence-corrected chi connectivity index (χ2v) is 9.71. The number of rotatable bonds is 8. The lowest BCUT2D eigenvalue weighted by atomic mass is 9.94. The average molecular weight is 449 g/mol. The molecule has 1 aliphatic carbocycles. The third kappa shape index (κ3) is 6.78. The number of pyridine rings is 1. The van der Waals surface area contributed by atoms with Crippen LogP contribution in [-0.4, -0.2) is 54.1 Å². The Kier molecular flexibility index (Phi) is 8.35. The summed E-state index contributed by atoms with van der Waals surface area (Å²) >= 11 is 0. The van der Waals surface area contributed by atoms with Gasteiger partial charge in [-0.2, -0.15) is 0 Å². The van der Waals surface area contributed by atoms with E-state index in [0.717, 1.165) is 50.7 Å². The van der Waals surface area contributed by atoms with Gasteiger partial charge in [-0.15, -0.1) is 0 Å². The van der Waals surface area contributed by atoms with Gasteiger partial charge in [-0.25, -0.2) is 0 Å². The average Bonchev–Trinajstić information content (AvgIpc) is 3.32. The van der Waals surface area contributed by atoms with Gasteiger partial charge >= 0.3 is 0 Å². The number of likely N-dealkylation sites (tertiary alicyclic amines) is 1. The topological polar surface area (TPSA) is 64.6 Å². The van der Waals surface area contributed by atoms with Crippen molar-refractivity contribution in [2.24, 2.45) is 4.99 Å². The molecule has 1 unspecified atom stereocenters. The molecule has 1 saturated heterocycles. The van der Waals surface area contributed by atoms with Crippen LogP contribution in [0.5, 0.6) is 0 Å². The maximum atomic E-state index is 4.54. The molecule has 2 aromatic rings. The third-order valence-corrected chi connectivity index (χ3v) is 7.24. The molecule has 1 atom stereocenters. The minimum atomic E-state index is 0.124. The van der Waals surface area contributed by atoms with E-state index < -0.39 is 0 Å². The number of guanidine groups is 1. The van der Waals surface area contributed by atoms with Crippen LogP contribution in [0, 0.1) is 0 Å². The normalized spacial score (nSPS) is 20.5. The van der Waals surface area contributed by atoms with E-state index >= 15 is 0 Å². The maximum Gasteiger partial charge on any atom is 0.191 e. The molecule has 6 heteroatoms. The summed E-state index contributed by atoms with van der Waals surface area (Å²) < 4.78 is 0. The van der Waals surface area contributed by atoms with Crippen LogP contribution in [0.15, 0.2) is 59.7 Å². The molecule has 6 nitrogen and oxygen atoms in total. The van der Waals surface area contributed by atoms with E-state index in [0.29, 0.717) is 12.1 Å². The van der Waals surface area contributed by atoms with E-state index in [1.165, 1.54) is 31.2 Å². The SMILES string of the molecule is CN=C(NCC1(NC(C)c2ccccc2)CCCC1)NC1CCN(Cc2ccccn2)CC1. The lowest BCUT2D eigenvalue weighted by molar-refractivity contribution is 0.196. The lowest BCUT2D eigenvalue weighted by Gasteiger charge is -2.36. The van der Waals surface area contributed by atoms with Gasteiger partial charge in [-0.1, -0.05) is 49.2 Å². The molecule has 178 valence electrons. The number of benzene rings is 1. The van der Waals surface area contributed by atoms with Crippen molar-refractivity contribution in [3.05, 3.63) is 66.0 Å². The minimum absolute atomic E-state index is 0.124. The molecule has 1 aromatic heterocycles. The molecule has 3 N–H and O–H groups in total. The summed E-state index contributed by atoms with van der Waals surface area (Å²) in [6, 6.07) is 17.7. The highest BCUT2D eigenvalue weighted by atomic mass is 15.2. The predicted octanol–water partition coefficient (Wildman–Crippen LogP) is 3.87. The maximum absolute atomic E-state index is 4.54. The van der Waals surface area contributed by atoms with E-state index in [-0.39, 0.29) is 5.54 Å². The Morgan fingerprint density at radius 1 is 1.09 bits per heavy atom. The van der Waals surface area contributed by atoms with Crippen LogP contribution >= 0.6 is 0 Å². The van der Waals surface area contributed by atoms with Crippen LogP contribution in [-0.2, 0) is 6.54 Å². The molecule has 1 aromatic carbocycles. The van der Waals surface area contributed by atoms with E-state index in [2.05, 4.69) is 80.2 Å². The second-order valence-electron chi connectivity index (χ2n) is 9.71. The van der Waals surface area contributed by atoms with Crippen molar-refractivity contribution in [1.82, 2.24) is 25.8 Å². The monoisotopic (exact) mass is 448 g/mol. The van der Waals surface area contributed by atoms with Gasteiger partial charge in [-0.05, 0) is 50.3 Å². The summed E-state index contributed by atoms with van der Waals surface area (Å²) in [6.45, 7) is 6.30. The zero-order valence-electron chi connectivity index (χ0n) is 20.3. The third-order valence-electron chi connectivity index (χ3n) is 7.24. The van der Waals surface area contributed by atoms with Crippen molar-refractivity contribution in [3.8, 4) is 0 Å². The Balaban J connectivity index is 1.25. The first-order valence-electron chi connectivity index (χ1n) is 12.6. The van der Waals surface area contributed by atoms with E-state index in [9.17, 15) is 0 Å². The van der Waals surface area contributed by atoms with Crippen molar-refractivity contribution in [1.29, 1.82) is 0 Å². The molecule has 2 fully saturated rings. The summed E-state index contributed by atoms with van der Waals surface area (Å²) in [6.07, 6.45) is 9.13. The number of piperidine rings is 1. The first-order chi connectivity index (χ1) is 16.2. The largest absolute Gasteiger partial charge is 0.355 e. The van der Waals surface area contributed by atoms with Gasteiger partial charge in [0.15, 0.2) is 5.96 Å². The second kappa shape index (κ2) is 11.6. The number of nitrogens with zero attached hydrogens (tertiary/aromatic N) is 3. The van der Waals surface area contributed by atoms with E-state index in [1.807, 2.05) is 19.3 Å². The number of nitrogens with one attached hydrogen (secondary N) is 3. The van der Waals surface area contributed by atoms with Gasteiger partial charge in [0.2, 0.25) is 0 Å². The van der Waals surface area contributed by atoms with Gasteiger partial charge < -0.3 is 16.0 Å². The molecule has 1 aliphatic heterocycles. The molecular formula is C27H40N6. The van der Waals surface area contributed by atoms with Crippen molar-refractivity contribution in [3.63, 3.8) is 0 Å². The van der Waals surface area contributed by atoms with Crippen LogP contribution < -0.4 is 16.0 Å². The summed E-state index contributed by atoms with van der Waals surface area (Å²) in [5, 5.41) is 11.3. The minimum Gasteiger partial charge on any atom is -0.355 e. The molecule has 0 radical (unpaired) electrons. The highest BCUT2D eigenvalue weighted by Crippen LogP contribution is 2.31. The predicted molar refractivity (Wildman–Crippen MR) is 136 cm³/mol. The first-order valence-corrected chi connectivity index (χ1v) is 12.6. The van der Waals surface area contributed by atoms with Gasteiger partial charge in [0.1, 0.15) is 0 Å². The fraction of sp³-hybridized carbons (Fsp3) is 0.556. The lowest BCUT2D eigenvalue weighted by Crippen LogP contribution is -2.56. The standard InChI is InChI=1S/C27H40N6/c1-22(23-10-4-3-5-11-23)32-27(15-7-8-16-27)21-30-26(28-2)31-24-13-18-33(19-14-24)20-25-12-6-9-17-29-25/h3-6,9-12,17,22,24,32H,7-8,13-16,18-21H2,1-2H3,(H2,28,30,31). The highest BCUT2D eigenvalue weighted by molar-refractivity contribution is 5.80. The molecule has 0 amide bonds. The molecule has 4 rings (SSSR count). The molecule has 0 spiro atoms. The van der Waals surface area contributed by atoms with Gasteiger partial charge in [0.25, 0.3) is 0 Å². The van der Waals surface area contributed by atoms with Gasteiger partial charge in [-0.3, -0.25) is 14.9 Å². The number of hydrogen-bond donors (Lipinski definition) is 3. The van der Waals surface area contributed by atoms with Crippen LogP contribution in [0.3, 0.4) is 0 Å². The summed E-state index contributed by atoms with van der Waals surface area (Å²) in [5.74, 6) is 0.929. The van der Waals surface area contributed by atoms with Crippen LogP contribution in [0.25, 0.3) is 0 Å². The highest BCUT2D eigenvalue weighted by Gasteiger charge is 2.35. The van der Waals surface area contributed by atoms with Crippen molar-refractivity contribution >= 4 is 5.96 Å². The Bertz CT molecular complexity index is 855. The molecular weight excluding hydrogens is 408 g/mol. The van der Waals surface area contributed by atoms with Crippen LogP contribution in [0.4, 0.5) is 0 Å². The van der Waals surface area contributed by atoms with E-state index in [1.54, 1.807) is 0 Å². The van der Waals surface area contributed by atoms with Crippen LogP contribution in [0.2, 0.25) is 0 Å². The number of hydrogen-bond acceptors (Lipinski definition) is 4. The van der Waals surface area contributed by atoms with Crippen LogP contribution in [0.1, 0.15) is 62.7 Å². The Labute approximate surface area is 199 Å². The number of aromatic nitrogens is 1. The summed E-state index contributed by atoms with van der Waals surface area (Å²) in [7, 11) is 1.88. The van der Waals surface area contributed by atoms with Gasteiger partial charge in [0.05, 0.1) is 5.69 Å². The molecule has 0 bridgehead atoms. The Morgan fingerprint density at radius 2 is 1.82 bits per heavy atom. The first kappa shape index (κ1) is 23.7. The Hall–Kier alpha value is -2.44. The summed E-state index contributed by atoms with van der Waals surface area (Å²) in [4.78, 5) is 11.5. The molecule has 2 aliphatic rings. The van der Waals surface area contributed by atoms with Crippen molar-refractivity contribution in [2.45, 2.75) is 69.6 Å². The van der Waals surface area contributed by atoms with Gasteiger partial charge in [0, 0.05) is 57.0 Å².